The van der Waals surface area contributed by atoms with Gasteiger partial charge in [0.15, 0.2) is 0 Å². The lowest BCUT2D eigenvalue weighted by Crippen LogP contribution is -2.51. The molecule has 0 aromatic heterocycles. The van der Waals surface area contributed by atoms with Crippen LogP contribution >= 0.6 is 12.4 Å². The van der Waals surface area contributed by atoms with Crippen molar-refractivity contribution in [1.82, 2.24) is 5.32 Å². The Bertz CT molecular complexity index is 227. The Morgan fingerprint density at radius 2 is 1.88 bits per heavy atom. The molecule has 0 saturated carbocycles. The number of carbonyl (C=O) groups is 1. The van der Waals surface area contributed by atoms with E-state index in [1.54, 1.807) is 0 Å². The molecule has 17 heavy (non-hydrogen) atoms. The Morgan fingerprint density at radius 3 is 2.29 bits per heavy atom. The summed E-state index contributed by atoms with van der Waals surface area (Å²) in [5, 5.41) is 3.10. The highest BCUT2D eigenvalue weighted by atomic mass is 35.5. The summed E-state index contributed by atoms with van der Waals surface area (Å²) in [6.07, 6.45) is 3.43. The third-order valence-electron chi connectivity index (χ3n) is 3.64. The number of nitrogens with one attached hydrogen (secondary N) is 1. The van der Waals surface area contributed by atoms with Crippen LogP contribution in [0, 0.1) is 5.41 Å². The second-order valence-electron chi connectivity index (χ2n) is 4.58. The molecule has 0 radical (unpaired) electrons. The highest BCUT2D eigenvalue weighted by molar-refractivity contribution is 5.85. The van der Waals surface area contributed by atoms with Crippen molar-refractivity contribution in [3.63, 3.8) is 0 Å². The van der Waals surface area contributed by atoms with E-state index >= 15 is 0 Å². The topological polar surface area (TPSA) is 64.4 Å². The van der Waals surface area contributed by atoms with Crippen molar-refractivity contribution < 1.29 is 9.53 Å². The van der Waals surface area contributed by atoms with Crippen LogP contribution in [0.2, 0.25) is 0 Å². The highest BCUT2D eigenvalue weighted by Gasteiger charge is 2.39. The monoisotopic (exact) mass is 264 g/mol. The molecule has 1 aliphatic rings. The average Bonchev–Trinajstić information content (AvgIpc) is 2.36. The fraction of sp³-hybridized carbons (Fsp3) is 0.917. The molecule has 0 spiro atoms. The first-order chi connectivity index (χ1) is 7.68. The maximum Gasteiger partial charge on any atom is 0.227 e. The molecular weight excluding hydrogens is 240 g/mol. The fourth-order valence-corrected chi connectivity index (χ4v) is 2.12. The summed E-state index contributed by atoms with van der Waals surface area (Å²) >= 11 is 0. The van der Waals surface area contributed by atoms with Crippen molar-refractivity contribution in [2.75, 3.05) is 19.8 Å². The largest absolute Gasteiger partial charge is 0.381 e. The summed E-state index contributed by atoms with van der Waals surface area (Å²) in [4.78, 5) is 12.2. The summed E-state index contributed by atoms with van der Waals surface area (Å²) < 4.78 is 5.30. The highest BCUT2D eigenvalue weighted by Crippen LogP contribution is 2.29. The summed E-state index contributed by atoms with van der Waals surface area (Å²) in [5.74, 6) is 0.118. The lowest BCUT2D eigenvalue weighted by atomic mass is 9.79. The number of amides is 1. The third kappa shape index (κ3) is 4.12. The number of ether oxygens (including phenoxy) is 1. The van der Waals surface area contributed by atoms with E-state index in [1.165, 1.54) is 0 Å². The van der Waals surface area contributed by atoms with Gasteiger partial charge >= 0.3 is 0 Å². The predicted molar refractivity (Wildman–Crippen MR) is 71.3 cm³/mol. The molecule has 102 valence electrons. The van der Waals surface area contributed by atoms with E-state index in [1.807, 2.05) is 0 Å². The van der Waals surface area contributed by atoms with Gasteiger partial charge in [0.05, 0.1) is 5.41 Å². The molecule has 4 nitrogen and oxygen atoms in total. The molecule has 0 aromatic rings. The van der Waals surface area contributed by atoms with Crippen LogP contribution in [0.3, 0.4) is 0 Å². The Balaban J connectivity index is 0.00000256. The van der Waals surface area contributed by atoms with E-state index in [4.69, 9.17) is 10.5 Å². The number of rotatable bonds is 5. The van der Waals surface area contributed by atoms with E-state index in [-0.39, 0.29) is 29.8 Å². The Kier molecular flexibility index (Phi) is 7.75. The molecule has 1 rings (SSSR count). The molecule has 0 aromatic carbocycles. The third-order valence-corrected chi connectivity index (χ3v) is 3.64. The van der Waals surface area contributed by atoms with Crippen LogP contribution in [0.1, 0.15) is 39.5 Å². The summed E-state index contributed by atoms with van der Waals surface area (Å²) in [5.41, 5.74) is 5.39. The van der Waals surface area contributed by atoms with E-state index in [9.17, 15) is 4.79 Å². The fourth-order valence-electron chi connectivity index (χ4n) is 2.12. The first kappa shape index (κ1) is 16.7. The maximum atomic E-state index is 12.2. The average molecular weight is 265 g/mol. The minimum absolute atomic E-state index is 0. The quantitative estimate of drug-likeness (QED) is 0.790. The van der Waals surface area contributed by atoms with Crippen LogP contribution in [0.5, 0.6) is 0 Å². The van der Waals surface area contributed by atoms with Gasteiger partial charge in [-0.1, -0.05) is 13.8 Å². The lowest BCUT2D eigenvalue weighted by molar-refractivity contribution is -0.136. The van der Waals surface area contributed by atoms with Crippen LogP contribution in [0.15, 0.2) is 0 Å². The molecule has 1 fully saturated rings. The zero-order chi connectivity index (χ0) is 12.0. The van der Waals surface area contributed by atoms with Gasteiger partial charge in [0.25, 0.3) is 0 Å². The maximum absolute atomic E-state index is 12.2. The first-order valence-electron chi connectivity index (χ1n) is 6.27. The molecule has 5 heteroatoms. The van der Waals surface area contributed by atoms with Crippen LogP contribution in [0.4, 0.5) is 0 Å². The van der Waals surface area contributed by atoms with Gasteiger partial charge in [-0.05, 0) is 25.7 Å². The predicted octanol–water partition coefficient (Wildman–Crippen LogP) is 1.47. The Labute approximate surface area is 110 Å². The zero-order valence-corrected chi connectivity index (χ0v) is 11.6. The number of nitrogens with two attached hydrogens (primary N) is 1. The van der Waals surface area contributed by atoms with Gasteiger partial charge in [0.1, 0.15) is 0 Å². The minimum Gasteiger partial charge on any atom is -0.381 e. The molecule has 1 aliphatic heterocycles. The lowest BCUT2D eigenvalue weighted by Gasteiger charge is -2.35. The van der Waals surface area contributed by atoms with Gasteiger partial charge in [0, 0.05) is 25.8 Å². The normalized spacial score (nSPS) is 18.6. The molecule has 0 aliphatic carbocycles. The first-order valence-corrected chi connectivity index (χ1v) is 6.27. The van der Waals surface area contributed by atoms with Crippen LogP contribution < -0.4 is 11.1 Å². The zero-order valence-electron chi connectivity index (χ0n) is 10.8. The van der Waals surface area contributed by atoms with Crippen LogP contribution in [-0.4, -0.2) is 31.7 Å². The molecule has 0 atom stereocenters. The molecule has 1 amide bonds. The molecule has 0 bridgehead atoms. The number of halogens is 1. The van der Waals surface area contributed by atoms with E-state index in [2.05, 4.69) is 19.2 Å². The van der Waals surface area contributed by atoms with Crippen molar-refractivity contribution >= 4 is 18.3 Å². The van der Waals surface area contributed by atoms with Crippen molar-refractivity contribution in [3.8, 4) is 0 Å². The second kappa shape index (κ2) is 7.90. The van der Waals surface area contributed by atoms with E-state index in [0.717, 1.165) is 25.7 Å². The van der Waals surface area contributed by atoms with Gasteiger partial charge in [-0.25, -0.2) is 0 Å². The summed E-state index contributed by atoms with van der Waals surface area (Å²) in [7, 11) is 0. The Morgan fingerprint density at radius 1 is 1.35 bits per heavy atom. The smallest absolute Gasteiger partial charge is 0.227 e. The van der Waals surface area contributed by atoms with Crippen LogP contribution in [-0.2, 0) is 9.53 Å². The molecule has 1 heterocycles. The number of carbonyl (C=O) groups excluding carboxylic acids is 1. The number of hydrogen-bond donors (Lipinski definition) is 2. The molecule has 3 N–H and O–H groups in total. The number of hydrogen-bond acceptors (Lipinski definition) is 3. The molecule has 0 unspecified atom stereocenters. The Hall–Kier alpha value is -0.320. The second-order valence-corrected chi connectivity index (χ2v) is 4.58. The van der Waals surface area contributed by atoms with Crippen LogP contribution in [0.25, 0.3) is 0 Å². The summed E-state index contributed by atoms with van der Waals surface area (Å²) in [6.45, 7) is 5.89. The van der Waals surface area contributed by atoms with Gasteiger partial charge in [-0.3, -0.25) is 4.79 Å². The van der Waals surface area contributed by atoms with Gasteiger partial charge in [0.2, 0.25) is 5.91 Å². The molecule has 1 saturated heterocycles. The SMILES string of the molecule is CCC(CC)NC(=O)C1(CN)CCOCC1.Cl. The van der Waals surface area contributed by atoms with Gasteiger partial charge in [-0.15, -0.1) is 12.4 Å². The van der Waals surface area contributed by atoms with Crippen molar-refractivity contribution in [3.05, 3.63) is 0 Å². The minimum atomic E-state index is -0.388. The van der Waals surface area contributed by atoms with Gasteiger partial charge in [-0.2, -0.15) is 0 Å². The van der Waals surface area contributed by atoms with Crippen molar-refractivity contribution in [2.24, 2.45) is 11.1 Å². The van der Waals surface area contributed by atoms with Crippen molar-refractivity contribution in [1.29, 1.82) is 0 Å². The molecular formula is C12H25ClN2O2. The summed E-state index contributed by atoms with van der Waals surface area (Å²) in [6, 6.07) is 0.277. The van der Waals surface area contributed by atoms with E-state index in [0.29, 0.717) is 19.8 Å². The van der Waals surface area contributed by atoms with E-state index < -0.39 is 0 Å². The standard InChI is InChI=1S/C12H24N2O2.ClH/c1-3-10(4-2)14-11(15)12(9-13)5-7-16-8-6-12;/h10H,3-9,13H2,1-2H3,(H,14,15);1H. The van der Waals surface area contributed by atoms with Crippen molar-refractivity contribution in [2.45, 2.75) is 45.6 Å². The van der Waals surface area contributed by atoms with Gasteiger partial charge < -0.3 is 15.8 Å².